The molecule has 1 fully saturated rings. The monoisotopic (exact) mass is 176 g/mol. The van der Waals surface area contributed by atoms with Crippen LogP contribution in [-0.4, -0.2) is 11.3 Å². The SMILES string of the molecule is CC1(C)C(C)(C)C(C)(F)C1(C)F. The van der Waals surface area contributed by atoms with Crippen LogP contribution in [0.3, 0.4) is 0 Å². The molecule has 0 bridgehead atoms. The molecule has 0 saturated heterocycles. The van der Waals surface area contributed by atoms with E-state index >= 15 is 0 Å². The fraction of sp³-hybridized carbons (Fsp3) is 1.00. The molecular weight excluding hydrogens is 158 g/mol. The lowest BCUT2D eigenvalue weighted by molar-refractivity contribution is -0.304. The summed E-state index contributed by atoms with van der Waals surface area (Å²) in [6.07, 6.45) is 0. The van der Waals surface area contributed by atoms with E-state index in [1.54, 1.807) is 27.7 Å². The summed E-state index contributed by atoms with van der Waals surface area (Å²) in [5, 5.41) is 0. The summed E-state index contributed by atoms with van der Waals surface area (Å²) >= 11 is 0. The van der Waals surface area contributed by atoms with Crippen LogP contribution in [0.2, 0.25) is 0 Å². The molecule has 2 unspecified atom stereocenters. The van der Waals surface area contributed by atoms with Crippen molar-refractivity contribution in [3.63, 3.8) is 0 Å². The number of halogens is 2. The Hall–Kier alpha value is -0.140. The number of hydrogen-bond acceptors (Lipinski definition) is 0. The largest absolute Gasteiger partial charge is 0.240 e. The van der Waals surface area contributed by atoms with Gasteiger partial charge in [-0.15, -0.1) is 0 Å². The molecule has 1 aliphatic rings. The molecular formula is C10H18F2. The molecule has 0 amide bonds. The Morgan fingerprint density at radius 2 is 0.750 bits per heavy atom. The normalized spacial score (nSPS) is 50.0. The van der Waals surface area contributed by atoms with Gasteiger partial charge in [-0.3, -0.25) is 0 Å². The standard InChI is InChI=1S/C10H18F2/c1-7(2)8(3,4)10(6,12)9(7,5)11/h1-6H3. The molecule has 0 N–H and O–H groups in total. The first-order valence-electron chi connectivity index (χ1n) is 4.38. The molecule has 0 aliphatic heterocycles. The molecule has 0 aromatic carbocycles. The highest BCUT2D eigenvalue weighted by atomic mass is 19.2. The van der Waals surface area contributed by atoms with Gasteiger partial charge in [0.25, 0.3) is 0 Å². The smallest absolute Gasteiger partial charge is 0.147 e. The van der Waals surface area contributed by atoms with Crippen molar-refractivity contribution in [3.8, 4) is 0 Å². The molecule has 0 aromatic rings. The lowest BCUT2D eigenvalue weighted by Crippen LogP contribution is -2.77. The average molecular weight is 176 g/mol. The lowest BCUT2D eigenvalue weighted by Gasteiger charge is -2.69. The first kappa shape index (κ1) is 9.94. The Kier molecular flexibility index (Phi) is 1.54. The van der Waals surface area contributed by atoms with E-state index in [1.165, 1.54) is 13.8 Å². The van der Waals surface area contributed by atoms with Crippen LogP contribution >= 0.6 is 0 Å². The summed E-state index contributed by atoms with van der Waals surface area (Å²) in [7, 11) is 0. The minimum atomic E-state index is -1.72. The predicted molar refractivity (Wildman–Crippen MR) is 46.6 cm³/mol. The quantitative estimate of drug-likeness (QED) is 0.530. The van der Waals surface area contributed by atoms with E-state index < -0.39 is 22.2 Å². The van der Waals surface area contributed by atoms with E-state index in [0.717, 1.165) is 0 Å². The van der Waals surface area contributed by atoms with Crippen LogP contribution in [0, 0.1) is 10.8 Å². The summed E-state index contributed by atoms with van der Waals surface area (Å²) < 4.78 is 27.8. The Bertz CT molecular complexity index is 148. The molecule has 12 heavy (non-hydrogen) atoms. The molecule has 0 nitrogen and oxygen atoms in total. The first-order chi connectivity index (χ1) is 5.00. The molecule has 72 valence electrons. The van der Waals surface area contributed by atoms with E-state index in [4.69, 9.17) is 0 Å². The molecule has 1 aliphatic carbocycles. The Balaban J connectivity index is 3.16. The van der Waals surface area contributed by atoms with Crippen molar-refractivity contribution in [2.45, 2.75) is 52.9 Å². The number of hydrogen-bond donors (Lipinski definition) is 0. The van der Waals surface area contributed by atoms with Crippen LogP contribution < -0.4 is 0 Å². The topological polar surface area (TPSA) is 0 Å². The highest BCUT2D eigenvalue weighted by Crippen LogP contribution is 2.71. The second-order valence-electron chi connectivity index (χ2n) is 5.26. The van der Waals surface area contributed by atoms with Gasteiger partial charge in [0.15, 0.2) is 0 Å². The third kappa shape index (κ3) is 0.602. The van der Waals surface area contributed by atoms with E-state index in [1.807, 2.05) is 0 Å². The Labute approximate surface area is 73.3 Å². The summed E-state index contributed by atoms with van der Waals surface area (Å²) in [4.78, 5) is 0. The van der Waals surface area contributed by atoms with Gasteiger partial charge in [-0.2, -0.15) is 0 Å². The lowest BCUT2D eigenvalue weighted by atomic mass is 9.38. The zero-order valence-electron chi connectivity index (χ0n) is 8.76. The van der Waals surface area contributed by atoms with Gasteiger partial charge >= 0.3 is 0 Å². The Morgan fingerprint density at radius 3 is 0.833 bits per heavy atom. The maximum atomic E-state index is 13.9. The van der Waals surface area contributed by atoms with Crippen LogP contribution in [0.25, 0.3) is 0 Å². The fourth-order valence-electron chi connectivity index (χ4n) is 2.28. The molecule has 2 heteroatoms. The van der Waals surface area contributed by atoms with Crippen molar-refractivity contribution in [1.82, 2.24) is 0 Å². The van der Waals surface area contributed by atoms with Crippen molar-refractivity contribution < 1.29 is 8.78 Å². The number of alkyl halides is 2. The average Bonchev–Trinajstić information content (AvgIpc) is 1.84. The maximum absolute atomic E-state index is 13.9. The van der Waals surface area contributed by atoms with Crippen LogP contribution in [-0.2, 0) is 0 Å². The van der Waals surface area contributed by atoms with Crippen LogP contribution in [0.15, 0.2) is 0 Å². The third-order valence-electron chi connectivity index (χ3n) is 4.79. The van der Waals surface area contributed by atoms with Gasteiger partial charge in [0, 0.05) is 10.8 Å². The summed E-state index contributed by atoms with van der Waals surface area (Å²) in [6, 6.07) is 0. The van der Waals surface area contributed by atoms with E-state index in [-0.39, 0.29) is 0 Å². The van der Waals surface area contributed by atoms with Crippen molar-refractivity contribution in [2.75, 3.05) is 0 Å². The Morgan fingerprint density at radius 1 is 0.583 bits per heavy atom. The minimum absolute atomic E-state index is 0.594. The van der Waals surface area contributed by atoms with Crippen molar-refractivity contribution >= 4 is 0 Å². The highest BCUT2D eigenvalue weighted by molar-refractivity contribution is 5.26. The second kappa shape index (κ2) is 1.85. The molecule has 0 radical (unpaired) electrons. The van der Waals surface area contributed by atoms with Crippen molar-refractivity contribution in [2.24, 2.45) is 10.8 Å². The molecule has 1 rings (SSSR count). The van der Waals surface area contributed by atoms with E-state index in [2.05, 4.69) is 0 Å². The highest BCUT2D eigenvalue weighted by Gasteiger charge is 2.78. The minimum Gasteiger partial charge on any atom is -0.240 e. The molecule has 0 spiro atoms. The summed E-state index contributed by atoms with van der Waals surface area (Å²) in [5.74, 6) is 0. The van der Waals surface area contributed by atoms with Gasteiger partial charge in [-0.25, -0.2) is 8.78 Å². The molecule has 0 heterocycles. The second-order valence-corrected chi connectivity index (χ2v) is 5.26. The van der Waals surface area contributed by atoms with Crippen molar-refractivity contribution in [3.05, 3.63) is 0 Å². The van der Waals surface area contributed by atoms with Crippen LogP contribution in [0.4, 0.5) is 8.78 Å². The van der Waals surface area contributed by atoms with Crippen LogP contribution in [0.5, 0.6) is 0 Å². The van der Waals surface area contributed by atoms with Gasteiger partial charge < -0.3 is 0 Å². The zero-order chi connectivity index (χ0) is 10.0. The van der Waals surface area contributed by atoms with Gasteiger partial charge in [0.05, 0.1) is 0 Å². The third-order valence-corrected chi connectivity index (χ3v) is 4.79. The maximum Gasteiger partial charge on any atom is 0.147 e. The first-order valence-corrected chi connectivity index (χ1v) is 4.38. The van der Waals surface area contributed by atoms with Gasteiger partial charge in [-0.1, -0.05) is 27.7 Å². The molecule has 2 atom stereocenters. The van der Waals surface area contributed by atoms with Gasteiger partial charge in [0.2, 0.25) is 0 Å². The van der Waals surface area contributed by atoms with Crippen LogP contribution in [0.1, 0.15) is 41.5 Å². The predicted octanol–water partition coefficient (Wildman–Crippen LogP) is 3.51. The number of rotatable bonds is 0. The van der Waals surface area contributed by atoms with Gasteiger partial charge in [-0.05, 0) is 13.8 Å². The molecule has 0 aromatic heterocycles. The van der Waals surface area contributed by atoms with Gasteiger partial charge in [0.1, 0.15) is 11.3 Å². The van der Waals surface area contributed by atoms with E-state index in [0.29, 0.717) is 0 Å². The summed E-state index contributed by atoms with van der Waals surface area (Å²) in [5.41, 5.74) is -4.62. The zero-order valence-corrected chi connectivity index (χ0v) is 8.76. The summed E-state index contributed by atoms with van der Waals surface area (Å²) in [6.45, 7) is 9.86. The fourth-order valence-corrected chi connectivity index (χ4v) is 2.28. The van der Waals surface area contributed by atoms with Crippen molar-refractivity contribution in [1.29, 1.82) is 0 Å². The van der Waals surface area contributed by atoms with E-state index in [9.17, 15) is 8.78 Å². The molecule has 1 saturated carbocycles.